The Labute approximate surface area is 265 Å². The Morgan fingerprint density at radius 2 is 1.21 bits per heavy atom. The summed E-state index contributed by atoms with van der Waals surface area (Å²) < 4.78 is 0. The minimum absolute atomic E-state index is 0.0184. The van der Waals surface area contributed by atoms with Gasteiger partial charge in [0.1, 0.15) is 0 Å². The predicted molar refractivity (Wildman–Crippen MR) is 173 cm³/mol. The van der Waals surface area contributed by atoms with Gasteiger partial charge in [-0.15, -0.1) is 0 Å². The number of halogens is 4. The largest absolute Gasteiger partial charge is 0.399 e. The zero-order chi connectivity index (χ0) is 30.1. The Morgan fingerprint density at radius 3 is 1.69 bits per heavy atom. The highest BCUT2D eigenvalue weighted by Crippen LogP contribution is 2.40. The number of fused-ring (bicyclic) bond motifs is 2. The molecule has 0 radical (unpaired) electrons. The van der Waals surface area contributed by atoms with Gasteiger partial charge in [0.2, 0.25) is 0 Å². The zero-order valence-corrected chi connectivity index (χ0v) is 26.2. The quantitative estimate of drug-likeness (QED) is 0.137. The second kappa shape index (κ2) is 12.8. The summed E-state index contributed by atoms with van der Waals surface area (Å²) in [5.41, 5.74) is 13.4. The molecule has 2 aliphatic heterocycles. The predicted octanol–water partition coefficient (Wildman–Crippen LogP) is 8.63. The van der Waals surface area contributed by atoms with E-state index in [1.165, 1.54) is 17.2 Å². The van der Waals surface area contributed by atoms with Gasteiger partial charge in [0.15, 0.2) is 0 Å². The van der Waals surface area contributed by atoms with Crippen LogP contribution in [0.15, 0.2) is 72.8 Å². The number of nitrogen functional groups attached to an aromatic ring is 1. The van der Waals surface area contributed by atoms with Crippen molar-refractivity contribution in [3.8, 4) is 0 Å². The molecule has 0 aliphatic carbocycles. The van der Waals surface area contributed by atoms with E-state index in [1.807, 2.05) is 49.5 Å². The number of hydrogen-bond acceptors (Lipinski definition) is 5. The zero-order valence-electron chi connectivity index (χ0n) is 23.2. The van der Waals surface area contributed by atoms with Crippen molar-refractivity contribution in [1.82, 2.24) is 9.80 Å². The fraction of sp³-hybridized carbons (Fsp3) is 0.250. The summed E-state index contributed by atoms with van der Waals surface area (Å²) in [6.45, 7) is 3.30. The van der Waals surface area contributed by atoms with Crippen LogP contribution in [0.5, 0.6) is 0 Å². The number of nitro groups is 1. The van der Waals surface area contributed by atoms with Gasteiger partial charge in [-0.05, 0) is 83.9 Å². The molecule has 4 aromatic carbocycles. The van der Waals surface area contributed by atoms with Crippen LogP contribution in [-0.2, 0) is 13.1 Å². The second-order valence-corrected chi connectivity index (χ2v) is 12.6. The lowest BCUT2D eigenvalue weighted by Gasteiger charge is -2.33. The summed E-state index contributed by atoms with van der Waals surface area (Å²) in [5.74, 6) is 0.272. The summed E-state index contributed by atoms with van der Waals surface area (Å²) in [6, 6.07) is 22.3. The fourth-order valence-electron chi connectivity index (χ4n) is 5.89. The monoisotopic (exact) mass is 642 g/mol. The highest BCUT2D eigenvalue weighted by molar-refractivity contribution is 6.35. The van der Waals surface area contributed by atoms with Crippen LogP contribution in [0.25, 0.3) is 0 Å². The Hall–Kier alpha value is -2.84. The van der Waals surface area contributed by atoms with Crippen LogP contribution < -0.4 is 5.73 Å². The van der Waals surface area contributed by atoms with Crippen LogP contribution in [0, 0.1) is 10.1 Å². The number of hydrogen-bond donors (Lipinski definition) is 1. The van der Waals surface area contributed by atoms with Crippen LogP contribution in [0.3, 0.4) is 0 Å². The molecule has 0 amide bonds. The first-order valence-corrected chi connectivity index (χ1v) is 14.9. The van der Waals surface area contributed by atoms with Gasteiger partial charge in [-0.25, -0.2) is 0 Å². The molecule has 4 aromatic rings. The first-order chi connectivity index (χ1) is 20.0. The van der Waals surface area contributed by atoms with Gasteiger partial charge < -0.3 is 15.5 Å². The van der Waals surface area contributed by atoms with Gasteiger partial charge >= 0.3 is 0 Å². The second-order valence-electron chi connectivity index (χ2n) is 10.9. The van der Waals surface area contributed by atoms with Gasteiger partial charge in [-0.2, -0.15) is 0 Å². The van der Waals surface area contributed by atoms with Crippen LogP contribution >= 0.6 is 46.4 Å². The van der Waals surface area contributed by atoms with E-state index in [0.29, 0.717) is 15.1 Å². The van der Waals surface area contributed by atoms with Crippen molar-refractivity contribution in [3.05, 3.63) is 136 Å². The fourth-order valence-corrected chi connectivity index (χ4v) is 7.03. The van der Waals surface area contributed by atoms with Crippen LogP contribution in [0.2, 0.25) is 20.1 Å². The van der Waals surface area contributed by atoms with Crippen molar-refractivity contribution in [2.75, 3.05) is 32.9 Å². The van der Waals surface area contributed by atoms with Crippen LogP contribution in [0.1, 0.15) is 45.2 Å². The Kier molecular flexibility index (Phi) is 9.33. The third-order valence-corrected chi connectivity index (χ3v) is 8.89. The Morgan fingerprint density at radius 1 is 0.738 bits per heavy atom. The number of likely N-dealkylation sites (N-methyl/N-ethyl adjacent to an activating group) is 2. The van der Waals surface area contributed by atoms with Crippen LogP contribution in [-0.4, -0.2) is 41.9 Å². The lowest BCUT2D eigenvalue weighted by molar-refractivity contribution is -0.384. The Bertz CT molecular complexity index is 1650. The minimum Gasteiger partial charge on any atom is -0.399 e. The van der Waals surface area contributed by atoms with Crippen molar-refractivity contribution in [1.29, 1.82) is 0 Å². The van der Waals surface area contributed by atoms with Gasteiger partial charge in [0.25, 0.3) is 5.69 Å². The van der Waals surface area contributed by atoms with Gasteiger partial charge in [0, 0.05) is 75.9 Å². The van der Waals surface area contributed by atoms with E-state index in [4.69, 9.17) is 52.1 Å². The molecule has 0 saturated carbocycles. The third-order valence-electron chi connectivity index (χ3n) is 7.78. The minimum atomic E-state index is -0.373. The van der Waals surface area contributed by atoms with Crippen molar-refractivity contribution < 1.29 is 4.92 Å². The van der Waals surface area contributed by atoms with Crippen LogP contribution in [0.4, 0.5) is 11.4 Å². The molecule has 2 N–H and O–H groups in total. The average molecular weight is 644 g/mol. The van der Waals surface area contributed by atoms with E-state index in [-0.39, 0.29) is 22.4 Å². The topological polar surface area (TPSA) is 75.6 Å². The molecule has 0 fully saturated rings. The standard InChI is InChI=1S/C16H14Cl2N2O2.C16H16Cl2N2/c1-19-8-14(10-3-2-4-12(5-10)20(21)22)13-6-11(17)7-16(18)15(13)9-19;1-20-8-14(10-3-2-4-12(19)5-10)13-6-11(17)7-16(18)15(13)9-20/h2-7,14H,8-9H2,1H3;2-7,14H,8-9,19H2,1H3. The van der Waals surface area contributed by atoms with E-state index in [9.17, 15) is 10.1 Å². The van der Waals surface area contributed by atoms with E-state index in [0.717, 1.165) is 59.1 Å². The Balaban J connectivity index is 0.000000169. The number of benzene rings is 4. The van der Waals surface area contributed by atoms with Crippen molar-refractivity contribution >= 4 is 57.8 Å². The highest BCUT2D eigenvalue weighted by Gasteiger charge is 2.29. The summed E-state index contributed by atoms with van der Waals surface area (Å²) >= 11 is 25.0. The van der Waals surface area contributed by atoms with Gasteiger partial charge in [-0.1, -0.05) is 70.7 Å². The smallest absolute Gasteiger partial charge is 0.269 e. The van der Waals surface area contributed by atoms with Crippen molar-refractivity contribution in [2.45, 2.75) is 24.9 Å². The molecular formula is C32H30Cl4N4O2. The number of nitro benzene ring substituents is 1. The molecule has 2 atom stereocenters. The van der Waals surface area contributed by atoms with Gasteiger partial charge in [-0.3, -0.25) is 10.1 Å². The molecule has 10 heteroatoms. The number of nitrogens with zero attached hydrogens (tertiary/aromatic N) is 3. The molecule has 0 aromatic heterocycles. The van der Waals surface area contributed by atoms with Crippen molar-refractivity contribution in [2.24, 2.45) is 0 Å². The summed E-state index contributed by atoms with van der Waals surface area (Å²) in [5, 5.41) is 13.7. The molecule has 2 heterocycles. The number of anilines is 1. The van der Waals surface area contributed by atoms with Gasteiger partial charge in [0.05, 0.1) is 4.92 Å². The van der Waals surface area contributed by atoms with Crippen molar-refractivity contribution in [3.63, 3.8) is 0 Å². The third kappa shape index (κ3) is 6.70. The molecule has 218 valence electrons. The molecule has 6 rings (SSSR count). The summed E-state index contributed by atoms with van der Waals surface area (Å²) in [4.78, 5) is 15.1. The summed E-state index contributed by atoms with van der Waals surface area (Å²) in [7, 11) is 4.12. The molecule has 0 spiro atoms. The van der Waals surface area contributed by atoms with E-state index in [2.05, 4.69) is 22.9 Å². The molecule has 6 nitrogen and oxygen atoms in total. The maximum absolute atomic E-state index is 11.0. The molecule has 2 aliphatic rings. The first kappa shape index (κ1) is 30.6. The molecule has 2 unspecified atom stereocenters. The number of non-ortho nitro benzene ring substituents is 1. The first-order valence-electron chi connectivity index (χ1n) is 13.4. The molecule has 42 heavy (non-hydrogen) atoms. The molecule has 0 saturated heterocycles. The SMILES string of the molecule is CN1Cc2c(Cl)cc(Cl)cc2C(c2cccc(N)c2)C1.CN1Cc2c(Cl)cc(Cl)cc2C(c2cccc([N+](=O)[O-])c2)C1. The number of nitrogens with two attached hydrogens (primary N) is 1. The maximum Gasteiger partial charge on any atom is 0.269 e. The highest BCUT2D eigenvalue weighted by atomic mass is 35.5. The lowest BCUT2D eigenvalue weighted by atomic mass is 9.84. The average Bonchev–Trinajstić information content (AvgIpc) is 2.93. The van der Waals surface area contributed by atoms with E-state index >= 15 is 0 Å². The lowest BCUT2D eigenvalue weighted by Crippen LogP contribution is -2.31. The van der Waals surface area contributed by atoms with E-state index < -0.39 is 0 Å². The normalized spacial score (nSPS) is 18.4. The molecular weight excluding hydrogens is 614 g/mol. The summed E-state index contributed by atoms with van der Waals surface area (Å²) in [6.07, 6.45) is 0. The van der Waals surface area contributed by atoms with E-state index in [1.54, 1.807) is 18.2 Å². The number of rotatable bonds is 3. The molecule has 0 bridgehead atoms. The maximum atomic E-state index is 11.0.